The predicted octanol–water partition coefficient (Wildman–Crippen LogP) is 2.64. The maximum atomic E-state index is 12.3. The third kappa shape index (κ3) is 2.29. The van der Waals surface area contributed by atoms with Gasteiger partial charge in [-0.2, -0.15) is 13.2 Å². The minimum Gasteiger partial charge on any atom is -0.391 e. The summed E-state index contributed by atoms with van der Waals surface area (Å²) in [5, 5.41) is 12.3. The average molecular weight is 231 g/mol. The zero-order valence-corrected chi connectivity index (χ0v) is 8.46. The van der Waals surface area contributed by atoms with E-state index in [1.807, 2.05) is 0 Å². The van der Waals surface area contributed by atoms with Gasteiger partial charge in [-0.05, 0) is 37.1 Å². The van der Waals surface area contributed by atoms with E-state index >= 15 is 0 Å². The van der Waals surface area contributed by atoms with Crippen molar-refractivity contribution in [1.29, 1.82) is 0 Å². The molecule has 16 heavy (non-hydrogen) atoms. The molecule has 2 rings (SSSR count). The van der Waals surface area contributed by atoms with Crippen molar-refractivity contribution in [2.24, 2.45) is 0 Å². The van der Waals surface area contributed by atoms with Gasteiger partial charge in [0.2, 0.25) is 0 Å². The Kier molecular flexibility index (Phi) is 2.80. The van der Waals surface area contributed by atoms with Gasteiger partial charge in [0.25, 0.3) is 0 Å². The topological polar surface area (TPSA) is 32.3 Å². The molecule has 1 fully saturated rings. The number of alkyl halides is 3. The number of aliphatic hydroxyl groups is 1. The van der Waals surface area contributed by atoms with Crippen LogP contribution in [0.1, 0.15) is 18.4 Å². The first-order chi connectivity index (χ1) is 7.47. The van der Waals surface area contributed by atoms with Crippen LogP contribution in [0.5, 0.6) is 0 Å². The molecular formula is C11H12F3NO. The molecule has 2 N–H and O–H groups in total. The molecule has 0 amide bonds. The van der Waals surface area contributed by atoms with Crippen molar-refractivity contribution in [2.45, 2.75) is 31.2 Å². The second kappa shape index (κ2) is 3.97. The van der Waals surface area contributed by atoms with Crippen LogP contribution in [0, 0.1) is 0 Å². The standard InChI is InChI=1S/C11H12F3NO/c12-11(13,14)7-1-3-8(4-2-7)15-9-5-6-10(9)16/h1-4,9-10,15-16H,5-6H2/t9-,10-/m0/s1. The number of hydrogen-bond donors (Lipinski definition) is 2. The quantitative estimate of drug-likeness (QED) is 0.820. The SMILES string of the molecule is O[C@H]1CC[C@@H]1Nc1ccc(C(F)(F)F)cc1. The monoisotopic (exact) mass is 231 g/mol. The molecule has 0 radical (unpaired) electrons. The molecule has 1 aromatic carbocycles. The molecule has 1 aliphatic rings. The molecule has 2 atom stereocenters. The molecule has 0 unspecified atom stereocenters. The molecule has 0 heterocycles. The molecule has 0 aliphatic heterocycles. The zero-order valence-electron chi connectivity index (χ0n) is 8.46. The van der Waals surface area contributed by atoms with Crippen molar-refractivity contribution in [3.8, 4) is 0 Å². The molecule has 0 aromatic heterocycles. The average Bonchev–Trinajstić information content (AvgIpc) is 2.23. The summed E-state index contributed by atoms with van der Waals surface area (Å²) >= 11 is 0. The van der Waals surface area contributed by atoms with E-state index in [4.69, 9.17) is 0 Å². The zero-order chi connectivity index (χ0) is 11.8. The van der Waals surface area contributed by atoms with Crippen LogP contribution in [0.15, 0.2) is 24.3 Å². The Balaban J connectivity index is 2.02. The number of aliphatic hydroxyl groups excluding tert-OH is 1. The van der Waals surface area contributed by atoms with E-state index in [0.29, 0.717) is 5.69 Å². The van der Waals surface area contributed by atoms with Gasteiger partial charge in [0, 0.05) is 5.69 Å². The van der Waals surface area contributed by atoms with Gasteiger partial charge >= 0.3 is 6.18 Å². The number of hydrogen-bond acceptors (Lipinski definition) is 2. The molecule has 88 valence electrons. The van der Waals surface area contributed by atoms with E-state index < -0.39 is 11.7 Å². The van der Waals surface area contributed by atoms with Gasteiger partial charge in [-0.15, -0.1) is 0 Å². The molecule has 0 saturated heterocycles. The number of halogens is 3. The summed E-state index contributed by atoms with van der Waals surface area (Å²) in [5.74, 6) is 0. The lowest BCUT2D eigenvalue weighted by Crippen LogP contribution is -2.42. The van der Waals surface area contributed by atoms with E-state index in [0.717, 1.165) is 25.0 Å². The first-order valence-electron chi connectivity index (χ1n) is 5.09. The Labute approximate surface area is 91.1 Å². The van der Waals surface area contributed by atoms with Crippen molar-refractivity contribution < 1.29 is 18.3 Å². The van der Waals surface area contributed by atoms with E-state index in [-0.39, 0.29) is 12.1 Å². The van der Waals surface area contributed by atoms with Crippen LogP contribution in [-0.4, -0.2) is 17.3 Å². The first kappa shape index (κ1) is 11.3. The van der Waals surface area contributed by atoms with Crippen LogP contribution in [0.3, 0.4) is 0 Å². The lowest BCUT2D eigenvalue weighted by atomic mass is 9.89. The first-order valence-corrected chi connectivity index (χ1v) is 5.09. The van der Waals surface area contributed by atoms with Crippen LogP contribution in [0.4, 0.5) is 18.9 Å². The van der Waals surface area contributed by atoms with Gasteiger partial charge < -0.3 is 10.4 Å². The van der Waals surface area contributed by atoms with Gasteiger partial charge in [-0.1, -0.05) is 0 Å². The Hall–Kier alpha value is -1.23. The summed E-state index contributed by atoms with van der Waals surface area (Å²) < 4.78 is 36.8. The van der Waals surface area contributed by atoms with E-state index in [1.165, 1.54) is 12.1 Å². The third-order valence-corrected chi connectivity index (χ3v) is 2.80. The van der Waals surface area contributed by atoms with Gasteiger partial charge in [-0.25, -0.2) is 0 Å². The van der Waals surface area contributed by atoms with Crippen molar-refractivity contribution in [2.75, 3.05) is 5.32 Å². The maximum absolute atomic E-state index is 12.3. The summed E-state index contributed by atoms with van der Waals surface area (Å²) in [5.41, 5.74) is -0.0519. The fourth-order valence-electron chi connectivity index (χ4n) is 1.62. The summed E-state index contributed by atoms with van der Waals surface area (Å²) in [6.07, 6.45) is -3.09. The van der Waals surface area contributed by atoms with Crippen molar-refractivity contribution in [3.05, 3.63) is 29.8 Å². The van der Waals surface area contributed by atoms with Gasteiger partial charge in [0.05, 0.1) is 17.7 Å². The minimum atomic E-state index is -4.30. The van der Waals surface area contributed by atoms with Crippen molar-refractivity contribution in [3.63, 3.8) is 0 Å². The minimum absolute atomic E-state index is 0.0308. The number of anilines is 1. The molecular weight excluding hydrogens is 219 g/mol. The van der Waals surface area contributed by atoms with Crippen LogP contribution in [0.25, 0.3) is 0 Å². The highest BCUT2D eigenvalue weighted by molar-refractivity contribution is 5.46. The van der Waals surface area contributed by atoms with Crippen molar-refractivity contribution >= 4 is 5.69 Å². The second-order valence-electron chi connectivity index (χ2n) is 3.97. The number of nitrogens with one attached hydrogen (secondary N) is 1. The van der Waals surface area contributed by atoms with Gasteiger partial charge in [0.15, 0.2) is 0 Å². The largest absolute Gasteiger partial charge is 0.416 e. The third-order valence-electron chi connectivity index (χ3n) is 2.80. The normalized spacial score (nSPS) is 25.0. The summed E-state index contributed by atoms with van der Waals surface area (Å²) in [6.45, 7) is 0. The van der Waals surface area contributed by atoms with E-state index in [2.05, 4.69) is 5.32 Å². The molecule has 1 saturated carbocycles. The summed E-state index contributed by atoms with van der Waals surface area (Å²) in [7, 11) is 0. The fourth-order valence-corrected chi connectivity index (χ4v) is 1.62. The highest BCUT2D eigenvalue weighted by atomic mass is 19.4. The molecule has 0 spiro atoms. The highest BCUT2D eigenvalue weighted by Crippen LogP contribution is 2.30. The summed E-state index contributed by atoms with van der Waals surface area (Å²) in [6, 6.07) is 4.81. The van der Waals surface area contributed by atoms with Crippen molar-refractivity contribution in [1.82, 2.24) is 0 Å². The molecule has 0 bridgehead atoms. The Bertz CT molecular complexity index is 360. The Morgan fingerprint density at radius 3 is 2.12 bits per heavy atom. The molecule has 1 aliphatic carbocycles. The van der Waals surface area contributed by atoms with Crippen LogP contribution < -0.4 is 5.32 Å². The smallest absolute Gasteiger partial charge is 0.391 e. The molecule has 1 aromatic rings. The number of rotatable bonds is 2. The predicted molar refractivity (Wildman–Crippen MR) is 54.1 cm³/mol. The Morgan fingerprint density at radius 2 is 1.75 bits per heavy atom. The maximum Gasteiger partial charge on any atom is 0.416 e. The number of benzene rings is 1. The van der Waals surface area contributed by atoms with Crippen LogP contribution in [-0.2, 0) is 6.18 Å². The fraction of sp³-hybridized carbons (Fsp3) is 0.455. The molecule has 2 nitrogen and oxygen atoms in total. The van der Waals surface area contributed by atoms with Gasteiger partial charge in [-0.3, -0.25) is 0 Å². The molecule has 5 heteroatoms. The summed E-state index contributed by atoms with van der Waals surface area (Å²) in [4.78, 5) is 0. The lowest BCUT2D eigenvalue weighted by Gasteiger charge is -2.33. The van der Waals surface area contributed by atoms with Crippen LogP contribution >= 0.6 is 0 Å². The van der Waals surface area contributed by atoms with Crippen LogP contribution in [0.2, 0.25) is 0 Å². The second-order valence-corrected chi connectivity index (χ2v) is 3.97. The van der Waals surface area contributed by atoms with E-state index in [9.17, 15) is 18.3 Å². The Morgan fingerprint density at radius 1 is 1.12 bits per heavy atom. The van der Waals surface area contributed by atoms with Gasteiger partial charge in [0.1, 0.15) is 0 Å². The van der Waals surface area contributed by atoms with E-state index in [1.54, 1.807) is 0 Å². The lowest BCUT2D eigenvalue weighted by molar-refractivity contribution is -0.137. The highest BCUT2D eigenvalue weighted by Gasteiger charge is 2.31.